The molecular formula is C13H19N5S. The molecule has 19 heavy (non-hydrogen) atoms. The lowest BCUT2D eigenvalue weighted by molar-refractivity contribution is 0.696. The van der Waals surface area contributed by atoms with Gasteiger partial charge in [0.05, 0.1) is 23.4 Å². The average molecular weight is 277 g/mol. The Morgan fingerprint density at radius 2 is 2.16 bits per heavy atom. The maximum Gasteiger partial charge on any atom is 0.151 e. The van der Waals surface area contributed by atoms with Crippen molar-refractivity contribution in [1.29, 1.82) is 0 Å². The Bertz CT molecular complexity index is 508. The highest BCUT2D eigenvalue weighted by atomic mass is 32.1. The number of thiazole rings is 1. The Morgan fingerprint density at radius 3 is 2.74 bits per heavy atom. The maximum absolute atomic E-state index is 4.26. The molecule has 0 radical (unpaired) electrons. The Labute approximate surface area is 117 Å². The largest absolute Gasteiger partial charge is 0.353 e. The number of nitrogens with zero attached hydrogens (tertiary/aromatic N) is 4. The van der Waals surface area contributed by atoms with Crippen molar-refractivity contribution in [1.82, 2.24) is 20.5 Å². The molecule has 2 rings (SSSR count). The number of hydrogen-bond acceptors (Lipinski definition) is 6. The Kier molecular flexibility index (Phi) is 4.81. The van der Waals surface area contributed by atoms with E-state index >= 15 is 0 Å². The second-order valence-corrected chi connectivity index (χ2v) is 5.32. The Balaban J connectivity index is 1.99. The second kappa shape index (κ2) is 6.58. The van der Waals surface area contributed by atoms with Gasteiger partial charge in [-0.25, -0.2) is 4.98 Å². The molecule has 0 saturated carbocycles. The van der Waals surface area contributed by atoms with Crippen molar-refractivity contribution in [3.63, 3.8) is 0 Å². The van der Waals surface area contributed by atoms with Crippen LogP contribution >= 0.6 is 11.3 Å². The summed E-state index contributed by atoms with van der Waals surface area (Å²) in [5.74, 6) is 0.882. The molecule has 2 heterocycles. The van der Waals surface area contributed by atoms with Crippen LogP contribution in [0.3, 0.4) is 0 Å². The summed E-state index contributed by atoms with van der Waals surface area (Å²) in [5, 5.41) is 11.7. The number of hydrogen-bond donors (Lipinski definition) is 1. The molecular weight excluding hydrogens is 258 g/mol. The summed E-state index contributed by atoms with van der Waals surface area (Å²) in [6, 6.07) is 4.02. The van der Waals surface area contributed by atoms with Crippen LogP contribution in [0.25, 0.3) is 0 Å². The van der Waals surface area contributed by atoms with Crippen molar-refractivity contribution in [3.05, 3.63) is 33.9 Å². The minimum absolute atomic E-state index is 0.765. The lowest BCUT2D eigenvalue weighted by atomic mass is 10.3. The van der Waals surface area contributed by atoms with E-state index in [1.54, 1.807) is 11.3 Å². The maximum atomic E-state index is 4.26. The van der Waals surface area contributed by atoms with Gasteiger partial charge in [-0.05, 0) is 25.6 Å². The minimum atomic E-state index is 0.765. The summed E-state index contributed by atoms with van der Waals surface area (Å²) in [6.07, 6.45) is 0. The number of anilines is 1. The van der Waals surface area contributed by atoms with Crippen LogP contribution in [0, 0.1) is 6.92 Å². The molecule has 2 aromatic rings. The lowest BCUT2D eigenvalue weighted by Gasteiger charge is -2.17. The lowest BCUT2D eigenvalue weighted by Crippen LogP contribution is -2.19. The molecule has 0 aliphatic rings. The summed E-state index contributed by atoms with van der Waals surface area (Å²) >= 11 is 1.68. The molecule has 6 heteroatoms. The molecule has 102 valence electrons. The molecule has 2 aromatic heterocycles. The molecule has 0 spiro atoms. The van der Waals surface area contributed by atoms with E-state index in [0.29, 0.717) is 0 Å². The molecule has 5 nitrogen and oxygen atoms in total. The highest BCUT2D eigenvalue weighted by molar-refractivity contribution is 7.09. The van der Waals surface area contributed by atoms with Crippen LogP contribution in [0.15, 0.2) is 17.6 Å². The summed E-state index contributed by atoms with van der Waals surface area (Å²) in [5.41, 5.74) is 3.94. The minimum Gasteiger partial charge on any atom is -0.353 e. The van der Waals surface area contributed by atoms with Crippen LogP contribution in [-0.2, 0) is 13.1 Å². The molecule has 0 bridgehead atoms. The van der Waals surface area contributed by atoms with Gasteiger partial charge in [0.2, 0.25) is 0 Å². The summed E-state index contributed by atoms with van der Waals surface area (Å²) in [7, 11) is 2.02. The number of aryl methyl sites for hydroxylation is 1. The van der Waals surface area contributed by atoms with E-state index in [1.165, 1.54) is 4.88 Å². The van der Waals surface area contributed by atoms with Crippen molar-refractivity contribution < 1.29 is 0 Å². The topological polar surface area (TPSA) is 53.9 Å². The second-order valence-electron chi connectivity index (χ2n) is 4.38. The van der Waals surface area contributed by atoms with E-state index < -0.39 is 0 Å². The predicted octanol–water partition coefficient (Wildman–Crippen LogP) is 1.99. The van der Waals surface area contributed by atoms with Crippen LogP contribution in [0.5, 0.6) is 0 Å². The zero-order valence-corrected chi connectivity index (χ0v) is 12.4. The van der Waals surface area contributed by atoms with Gasteiger partial charge in [-0.2, -0.15) is 5.10 Å². The van der Waals surface area contributed by atoms with Crippen molar-refractivity contribution in [3.8, 4) is 0 Å². The molecule has 0 aliphatic carbocycles. The monoisotopic (exact) mass is 277 g/mol. The molecule has 0 fully saturated rings. The third kappa shape index (κ3) is 3.71. The van der Waals surface area contributed by atoms with Crippen molar-refractivity contribution >= 4 is 17.2 Å². The van der Waals surface area contributed by atoms with E-state index in [-0.39, 0.29) is 0 Å². The van der Waals surface area contributed by atoms with Gasteiger partial charge in [-0.3, -0.25) is 0 Å². The first-order valence-electron chi connectivity index (χ1n) is 6.34. The number of aromatic nitrogens is 3. The van der Waals surface area contributed by atoms with Gasteiger partial charge in [0.25, 0.3) is 0 Å². The molecule has 0 unspecified atom stereocenters. The highest BCUT2D eigenvalue weighted by Gasteiger charge is 2.08. The van der Waals surface area contributed by atoms with Gasteiger partial charge in [0.15, 0.2) is 5.82 Å². The number of nitrogens with one attached hydrogen (secondary N) is 1. The average Bonchev–Trinajstić information content (AvgIpc) is 2.82. The first-order chi connectivity index (χ1) is 9.20. The van der Waals surface area contributed by atoms with Gasteiger partial charge in [-0.1, -0.05) is 6.92 Å². The van der Waals surface area contributed by atoms with Crippen molar-refractivity contribution in [2.24, 2.45) is 0 Å². The molecule has 0 aliphatic heterocycles. The quantitative estimate of drug-likeness (QED) is 0.875. The van der Waals surface area contributed by atoms with Crippen LogP contribution in [-0.4, -0.2) is 28.8 Å². The SMILES string of the molecule is CCNCc1ccc(N(C)Cc2scnc2C)nn1. The van der Waals surface area contributed by atoms with Gasteiger partial charge < -0.3 is 10.2 Å². The van der Waals surface area contributed by atoms with E-state index in [0.717, 1.165) is 36.8 Å². The van der Waals surface area contributed by atoms with Gasteiger partial charge in [0.1, 0.15) is 0 Å². The Hall–Kier alpha value is -1.53. The fourth-order valence-corrected chi connectivity index (χ4v) is 2.51. The normalized spacial score (nSPS) is 10.7. The standard InChI is InChI=1S/C13H19N5S/c1-4-14-7-11-5-6-13(17-16-11)18(3)8-12-10(2)15-9-19-12/h5-6,9,14H,4,7-8H2,1-3H3. The number of rotatable bonds is 6. The summed E-state index contributed by atoms with van der Waals surface area (Å²) in [6.45, 7) is 6.63. The van der Waals surface area contributed by atoms with Crippen LogP contribution in [0.2, 0.25) is 0 Å². The first-order valence-corrected chi connectivity index (χ1v) is 7.22. The summed E-state index contributed by atoms with van der Waals surface area (Å²) < 4.78 is 0. The van der Waals surface area contributed by atoms with Crippen molar-refractivity contribution in [2.45, 2.75) is 26.9 Å². The molecule has 0 aromatic carbocycles. The van der Waals surface area contributed by atoms with Gasteiger partial charge in [0, 0.05) is 18.5 Å². The highest BCUT2D eigenvalue weighted by Crippen LogP contribution is 2.17. The first kappa shape index (κ1) is 13.9. The molecule has 0 atom stereocenters. The van der Waals surface area contributed by atoms with E-state index in [2.05, 4.69) is 32.3 Å². The van der Waals surface area contributed by atoms with E-state index in [9.17, 15) is 0 Å². The Morgan fingerprint density at radius 1 is 1.32 bits per heavy atom. The zero-order valence-electron chi connectivity index (χ0n) is 11.6. The van der Waals surface area contributed by atoms with Gasteiger partial charge >= 0.3 is 0 Å². The smallest absolute Gasteiger partial charge is 0.151 e. The fourth-order valence-electron chi connectivity index (χ4n) is 1.68. The van der Waals surface area contributed by atoms with Crippen LogP contribution in [0.1, 0.15) is 23.2 Å². The van der Waals surface area contributed by atoms with Crippen LogP contribution in [0.4, 0.5) is 5.82 Å². The third-order valence-electron chi connectivity index (χ3n) is 2.88. The predicted molar refractivity (Wildman–Crippen MR) is 78.4 cm³/mol. The third-order valence-corrected chi connectivity index (χ3v) is 3.80. The van der Waals surface area contributed by atoms with Gasteiger partial charge in [-0.15, -0.1) is 16.4 Å². The zero-order chi connectivity index (χ0) is 13.7. The van der Waals surface area contributed by atoms with Crippen LogP contribution < -0.4 is 10.2 Å². The molecule has 0 amide bonds. The fraction of sp³-hybridized carbons (Fsp3) is 0.462. The van der Waals surface area contributed by atoms with Crippen molar-refractivity contribution in [2.75, 3.05) is 18.5 Å². The molecule has 1 N–H and O–H groups in total. The summed E-state index contributed by atoms with van der Waals surface area (Å²) in [4.78, 5) is 7.61. The molecule has 0 saturated heterocycles. The van der Waals surface area contributed by atoms with E-state index in [4.69, 9.17) is 0 Å². The van der Waals surface area contributed by atoms with E-state index in [1.807, 2.05) is 31.6 Å².